The quantitative estimate of drug-likeness (QED) is 0.742. The Hall–Kier alpha value is -1.08. The van der Waals surface area contributed by atoms with Gasteiger partial charge in [0.2, 0.25) is 0 Å². The normalized spacial score (nSPS) is 12.6. The molecule has 18 heavy (non-hydrogen) atoms. The number of nitrogens with zero attached hydrogens (tertiary/aromatic N) is 2. The van der Waals surface area contributed by atoms with Crippen molar-refractivity contribution in [1.82, 2.24) is 9.78 Å². The van der Waals surface area contributed by atoms with E-state index in [1.54, 1.807) is 20.8 Å². The molecular formula is C10H15ClN2O4S. The Morgan fingerprint density at radius 2 is 1.83 bits per heavy atom. The number of aromatic nitrogens is 2. The molecule has 1 aromatic rings. The van der Waals surface area contributed by atoms with Crippen LogP contribution in [0.2, 0.25) is 0 Å². The molecule has 0 aliphatic carbocycles. The molecule has 0 unspecified atom stereocenters. The van der Waals surface area contributed by atoms with Crippen LogP contribution in [0.25, 0.3) is 0 Å². The standard InChI is InChI=1S/C10H15ClN2O4S/c1-6-8(18(11,15)16)7(2)13(12-6)9(14)17-10(3,4)5/h1-5H3. The predicted molar refractivity (Wildman–Crippen MR) is 66.4 cm³/mol. The molecule has 0 saturated carbocycles. The minimum absolute atomic E-state index is 0.136. The minimum atomic E-state index is -3.94. The highest BCUT2D eigenvalue weighted by atomic mass is 35.7. The third-order valence-corrected chi connectivity index (χ3v) is 3.58. The summed E-state index contributed by atoms with van der Waals surface area (Å²) in [5.74, 6) is 0. The highest BCUT2D eigenvalue weighted by Crippen LogP contribution is 2.23. The van der Waals surface area contributed by atoms with E-state index in [0.717, 1.165) is 4.68 Å². The first kappa shape index (κ1) is 15.0. The van der Waals surface area contributed by atoms with Gasteiger partial charge >= 0.3 is 6.09 Å². The number of ether oxygens (including phenoxy) is 1. The maximum atomic E-state index is 11.8. The van der Waals surface area contributed by atoms with Gasteiger partial charge in [-0.25, -0.2) is 13.2 Å². The Kier molecular flexibility index (Phi) is 3.78. The molecule has 0 aromatic carbocycles. The predicted octanol–water partition coefficient (Wildman–Crippen LogP) is 2.21. The van der Waals surface area contributed by atoms with Crippen molar-refractivity contribution in [2.24, 2.45) is 0 Å². The molecule has 0 atom stereocenters. The van der Waals surface area contributed by atoms with Crippen molar-refractivity contribution in [2.75, 3.05) is 0 Å². The van der Waals surface area contributed by atoms with Crippen LogP contribution < -0.4 is 0 Å². The van der Waals surface area contributed by atoms with Crippen LogP contribution in [0.3, 0.4) is 0 Å². The van der Waals surface area contributed by atoms with Crippen LogP contribution in [-0.2, 0) is 13.8 Å². The monoisotopic (exact) mass is 294 g/mol. The van der Waals surface area contributed by atoms with E-state index in [0.29, 0.717) is 0 Å². The van der Waals surface area contributed by atoms with Crippen molar-refractivity contribution >= 4 is 25.8 Å². The van der Waals surface area contributed by atoms with Gasteiger partial charge in [0.15, 0.2) is 0 Å². The average molecular weight is 295 g/mol. The fourth-order valence-electron chi connectivity index (χ4n) is 1.46. The second-order valence-electron chi connectivity index (χ2n) is 4.83. The van der Waals surface area contributed by atoms with E-state index < -0.39 is 20.7 Å². The van der Waals surface area contributed by atoms with Gasteiger partial charge in [0.05, 0.1) is 11.4 Å². The molecule has 0 aliphatic rings. The minimum Gasteiger partial charge on any atom is -0.442 e. The fourth-order valence-corrected chi connectivity index (χ4v) is 2.97. The zero-order valence-electron chi connectivity index (χ0n) is 10.8. The van der Waals surface area contributed by atoms with Crippen molar-refractivity contribution in [2.45, 2.75) is 45.1 Å². The smallest absolute Gasteiger partial charge is 0.435 e. The van der Waals surface area contributed by atoms with Crippen molar-refractivity contribution in [3.63, 3.8) is 0 Å². The van der Waals surface area contributed by atoms with Gasteiger partial charge in [0, 0.05) is 10.7 Å². The molecule has 0 saturated heterocycles. The molecule has 0 radical (unpaired) electrons. The Balaban J connectivity index is 3.27. The first-order valence-electron chi connectivity index (χ1n) is 5.17. The van der Waals surface area contributed by atoms with Crippen LogP contribution in [-0.4, -0.2) is 29.9 Å². The highest BCUT2D eigenvalue weighted by Gasteiger charge is 2.27. The Morgan fingerprint density at radius 1 is 1.33 bits per heavy atom. The lowest BCUT2D eigenvalue weighted by Gasteiger charge is -2.19. The van der Waals surface area contributed by atoms with Crippen LogP contribution in [0.1, 0.15) is 32.2 Å². The van der Waals surface area contributed by atoms with E-state index in [1.807, 2.05) is 0 Å². The van der Waals surface area contributed by atoms with Crippen molar-refractivity contribution < 1.29 is 17.9 Å². The molecule has 0 bridgehead atoms. The maximum Gasteiger partial charge on any atom is 0.435 e. The zero-order valence-corrected chi connectivity index (χ0v) is 12.4. The molecule has 0 amide bonds. The van der Waals surface area contributed by atoms with E-state index in [4.69, 9.17) is 15.4 Å². The third kappa shape index (κ3) is 3.23. The van der Waals surface area contributed by atoms with E-state index in [9.17, 15) is 13.2 Å². The molecule has 0 N–H and O–H groups in total. The van der Waals surface area contributed by atoms with Gasteiger partial charge in [-0.15, -0.1) is 0 Å². The molecule has 0 spiro atoms. The zero-order chi connectivity index (χ0) is 14.3. The van der Waals surface area contributed by atoms with E-state index in [2.05, 4.69) is 5.10 Å². The summed E-state index contributed by atoms with van der Waals surface area (Å²) in [7, 11) is 1.35. The van der Waals surface area contributed by atoms with Gasteiger partial charge in [-0.2, -0.15) is 9.78 Å². The number of rotatable bonds is 1. The molecule has 6 nitrogen and oxygen atoms in total. The largest absolute Gasteiger partial charge is 0.442 e. The van der Waals surface area contributed by atoms with Crippen LogP contribution in [0, 0.1) is 13.8 Å². The number of aryl methyl sites for hydroxylation is 1. The second-order valence-corrected chi connectivity index (χ2v) is 7.33. The lowest BCUT2D eigenvalue weighted by atomic mass is 10.2. The van der Waals surface area contributed by atoms with Gasteiger partial charge in [-0.1, -0.05) is 0 Å². The summed E-state index contributed by atoms with van der Waals surface area (Å²) in [6.07, 6.45) is -0.741. The molecule has 102 valence electrons. The summed E-state index contributed by atoms with van der Waals surface area (Å²) in [4.78, 5) is 11.7. The topological polar surface area (TPSA) is 78.3 Å². The van der Waals surface area contributed by atoms with Gasteiger partial charge in [0.1, 0.15) is 10.5 Å². The lowest BCUT2D eigenvalue weighted by molar-refractivity contribution is 0.0510. The average Bonchev–Trinajstić information content (AvgIpc) is 2.37. The number of hydrogen-bond donors (Lipinski definition) is 0. The van der Waals surface area contributed by atoms with Gasteiger partial charge in [0.25, 0.3) is 9.05 Å². The van der Waals surface area contributed by atoms with Gasteiger partial charge in [-0.05, 0) is 34.6 Å². The van der Waals surface area contributed by atoms with Crippen molar-refractivity contribution in [1.29, 1.82) is 0 Å². The Labute approximate surface area is 110 Å². The second kappa shape index (κ2) is 4.55. The summed E-state index contributed by atoms with van der Waals surface area (Å²) in [5.41, 5.74) is -0.395. The summed E-state index contributed by atoms with van der Waals surface area (Å²) < 4.78 is 28.7. The number of carbonyl (C=O) groups is 1. The first-order chi connectivity index (χ1) is 7.93. The van der Waals surface area contributed by atoms with Gasteiger partial charge in [-0.3, -0.25) is 0 Å². The van der Waals surface area contributed by atoms with Crippen LogP contribution >= 0.6 is 10.7 Å². The molecular weight excluding hydrogens is 280 g/mol. The molecule has 0 aliphatic heterocycles. The Morgan fingerprint density at radius 3 is 2.17 bits per heavy atom. The first-order valence-corrected chi connectivity index (χ1v) is 7.48. The van der Waals surface area contributed by atoms with Crippen LogP contribution in [0.4, 0.5) is 4.79 Å². The maximum absolute atomic E-state index is 11.8. The lowest BCUT2D eigenvalue weighted by Crippen LogP contribution is -2.28. The summed E-state index contributed by atoms with van der Waals surface area (Å²) in [6.45, 7) is 8.02. The molecule has 1 rings (SSSR count). The van der Waals surface area contributed by atoms with Crippen LogP contribution in [0.5, 0.6) is 0 Å². The van der Waals surface area contributed by atoms with E-state index in [1.165, 1.54) is 13.8 Å². The molecule has 1 heterocycles. The van der Waals surface area contributed by atoms with Crippen molar-refractivity contribution in [3.8, 4) is 0 Å². The fraction of sp³-hybridized carbons (Fsp3) is 0.600. The van der Waals surface area contributed by atoms with Gasteiger partial charge < -0.3 is 4.74 Å². The molecule has 1 aromatic heterocycles. The SMILES string of the molecule is Cc1nn(C(=O)OC(C)(C)C)c(C)c1S(=O)(=O)Cl. The molecule has 0 fully saturated rings. The number of halogens is 1. The number of carbonyl (C=O) groups excluding carboxylic acids is 1. The summed E-state index contributed by atoms with van der Waals surface area (Å²) in [5, 5.41) is 3.84. The Bertz CT molecular complexity index is 584. The van der Waals surface area contributed by atoms with Crippen molar-refractivity contribution in [3.05, 3.63) is 11.4 Å². The summed E-state index contributed by atoms with van der Waals surface area (Å²) >= 11 is 0. The van der Waals surface area contributed by atoms with Crippen LogP contribution in [0.15, 0.2) is 4.90 Å². The molecule has 8 heteroatoms. The third-order valence-electron chi connectivity index (χ3n) is 2.04. The van der Waals surface area contributed by atoms with E-state index >= 15 is 0 Å². The highest BCUT2D eigenvalue weighted by molar-refractivity contribution is 8.13. The number of hydrogen-bond acceptors (Lipinski definition) is 5. The summed E-state index contributed by atoms with van der Waals surface area (Å²) in [6, 6.07) is 0. The van der Waals surface area contributed by atoms with E-state index in [-0.39, 0.29) is 16.3 Å².